The van der Waals surface area contributed by atoms with Crippen LogP contribution in [0.4, 0.5) is 19.3 Å². The molecule has 0 unspecified atom stereocenters. The third kappa shape index (κ3) is 2.69. The first kappa shape index (κ1) is 13.8. The number of anilines is 1. The summed E-state index contributed by atoms with van der Waals surface area (Å²) in [7, 11) is 0. The van der Waals surface area contributed by atoms with Gasteiger partial charge in [-0.1, -0.05) is 11.6 Å². The number of ether oxygens (including phenoxy) is 1. The molecule has 0 aromatic heterocycles. The molecule has 3 rings (SSSR count). The SMILES string of the molecule is O=C1OC[C@H](c2cc(F)cc(F)c2)N1c1ccc(Cl)cc1. The molecule has 1 aliphatic rings. The molecule has 0 bridgehead atoms. The Labute approximate surface area is 124 Å². The summed E-state index contributed by atoms with van der Waals surface area (Å²) in [5.74, 6) is -1.39. The number of rotatable bonds is 2. The maximum absolute atomic E-state index is 13.4. The third-order valence-corrected chi connectivity index (χ3v) is 3.50. The molecule has 1 aliphatic heterocycles. The zero-order chi connectivity index (χ0) is 15.0. The zero-order valence-corrected chi connectivity index (χ0v) is 11.5. The fourth-order valence-electron chi connectivity index (χ4n) is 2.32. The van der Waals surface area contributed by atoms with Gasteiger partial charge in [0.15, 0.2) is 0 Å². The van der Waals surface area contributed by atoms with Crippen LogP contribution in [0, 0.1) is 11.6 Å². The van der Waals surface area contributed by atoms with Gasteiger partial charge >= 0.3 is 6.09 Å². The summed E-state index contributed by atoms with van der Waals surface area (Å²) >= 11 is 5.82. The summed E-state index contributed by atoms with van der Waals surface area (Å²) in [5.41, 5.74) is 0.893. The van der Waals surface area contributed by atoms with E-state index in [9.17, 15) is 13.6 Å². The Hall–Kier alpha value is -2.14. The molecule has 6 heteroatoms. The van der Waals surface area contributed by atoms with Gasteiger partial charge < -0.3 is 4.74 Å². The summed E-state index contributed by atoms with van der Waals surface area (Å²) in [4.78, 5) is 13.2. The molecule has 2 aromatic carbocycles. The smallest absolute Gasteiger partial charge is 0.415 e. The van der Waals surface area contributed by atoms with Gasteiger partial charge in [-0.05, 0) is 42.0 Å². The molecule has 1 saturated heterocycles. The predicted octanol–water partition coefficient (Wildman–Crippen LogP) is 4.32. The number of nitrogens with zero attached hydrogens (tertiary/aromatic N) is 1. The quantitative estimate of drug-likeness (QED) is 0.827. The van der Waals surface area contributed by atoms with E-state index >= 15 is 0 Å². The predicted molar refractivity (Wildman–Crippen MR) is 74.4 cm³/mol. The van der Waals surface area contributed by atoms with Crippen molar-refractivity contribution in [3.8, 4) is 0 Å². The Morgan fingerprint density at radius 1 is 1.10 bits per heavy atom. The van der Waals surface area contributed by atoms with Crippen LogP contribution in [0.1, 0.15) is 11.6 Å². The van der Waals surface area contributed by atoms with Gasteiger partial charge in [-0.2, -0.15) is 0 Å². The normalized spacial score (nSPS) is 18.0. The lowest BCUT2D eigenvalue weighted by Gasteiger charge is -2.22. The molecule has 1 atom stereocenters. The first-order valence-electron chi connectivity index (χ1n) is 6.22. The van der Waals surface area contributed by atoms with Crippen LogP contribution in [-0.2, 0) is 4.74 Å². The van der Waals surface area contributed by atoms with Gasteiger partial charge in [0.05, 0.1) is 6.04 Å². The topological polar surface area (TPSA) is 29.5 Å². The highest BCUT2D eigenvalue weighted by atomic mass is 35.5. The van der Waals surface area contributed by atoms with Crippen LogP contribution in [0.25, 0.3) is 0 Å². The number of amides is 1. The van der Waals surface area contributed by atoms with Gasteiger partial charge in [0.25, 0.3) is 0 Å². The van der Waals surface area contributed by atoms with E-state index in [1.807, 2.05) is 0 Å². The van der Waals surface area contributed by atoms with Crippen LogP contribution >= 0.6 is 11.6 Å². The highest BCUT2D eigenvalue weighted by Gasteiger charge is 2.35. The molecule has 3 nitrogen and oxygen atoms in total. The van der Waals surface area contributed by atoms with E-state index < -0.39 is 23.8 Å². The number of carbonyl (C=O) groups is 1. The molecular formula is C15H10ClF2NO2. The van der Waals surface area contributed by atoms with Crippen LogP contribution in [0.3, 0.4) is 0 Å². The van der Waals surface area contributed by atoms with Crippen LogP contribution < -0.4 is 4.90 Å². The highest BCUT2D eigenvalue weighted by Crippen LogP contribution is 2.34. The number of carbonyl (C=O) groups excluding carboxylic acids is 1. The fourth-order valence-corrected chi connectivity index (χ4v) is 2.45. The van der Waals surface area contributed by atoms with E-state index in [1.54, 1.807) is 24.3 Å². The second-order valence-corrected chi connectivity index (χ2v) is 5.08. The van der Waals surface area contributed by atoms with Crippen molar-refractivity contribution in [2.75, 3.05) is 11.5 Å². The third-order valence-electron chi connectivity index (χ3n) is 3.25. The zero-order valence-electron chi connectivity index (χ0n) is 10.7. The molecule has 1 heterocycles. The summed E-state index contributed by atoms with van der Waals surface area (Å²) < 4.78 is 31.7. The monoisotopic (exact) mass is 309 g/mol. The number of hydrogen-bond acceptors (Lipinski definition) is 2. The van der Waals surface area contributed by atoms with Crippen molar-refractivity contribution in [2.45, 2.75) is 6.04 Å². The number of hydrogen-bond donors (Lipinski definition) is 0. The van der Waals surface area contributed by atoms with Gasteiger partial charge in [0, 0.05) is 16.8 Å². The Balaban J connectivity index is 2.01. The Bertz CT molecular complexity index is 670. The average Bonchev–Trinajstić information content (AvgIpc) is 2.80. The second kappa shape index (κ2) is 5.33. The molecule has 1 amide bonds. The highest BCUT2D eigenvalue weighted by molar-refractivity contribution is 6.30. The van der Waals surface area contributed by atoms with Gasteiger partial charge in [0.2, 0.25) is 0 Å². The lowest BCUT2D eigenvalue weighted by molar-refractivity contribution is 0.179. The molecular weight excluding hydrogens is 300 g/mol. The van der Waals surface area contributed by atoms with Crippen molar-refractivity contribution in [1.82, 2.24) is 0 Å². The molecule has 0 saturated carbocycles. The Morgan fingerprint density at radius 3 is 2.33 bits per heavy atom. The first-order chi connectivity index (χ1) is 10.0. The Morgan fingerprint density at radius 2 is 1.71 bits per heavy atom. The van der Waals surface area contributed by atoms with E-state index in [4.69, 9.17) is 16.3 Å². The van der Waals surface area contributed by atoms with Crippen LogP contribution in [0.15, 0.2) is 42.5 Å². The summed E-state index contributed by atoms with van der Waals surface area (Å²) in [6, 6.07) is 9.15. The molecule has 0 radical (unpaired) electrons. The standard InChI is InChI=1S/C15H10ClF2NO2/c16-10-1-3-13(4-2-10)19-14(8-21-15(19)20)9-5-11(17)7-12(18)6-9/h1-7,14H,8H2/t14-/m1/s1. The van der Waals surface area contributed by atoms with Crippen molar-refractivity contribution in [3.05, 3.63) is 64.7 Å². The maximum atomic E-state index is 13.4. The second-order valence-electron chi connectivity index (χ2n) is 4.64. The number of halogens is 3. The lowest BCUT2D eigenvalue weighted by atomic mass is 10.1. The van der Waals surface area contributed by atoms with Gasteiger partial charge in [-0.3, -0.25) is 4.90 Å². The first-order valence-corrected chi connectivity index (χ1v) is 6.60. The lowest BCUT2D eigenvalue weighted by Crippen LogP contribution is -2.27. The van der Waals surface area contributed by atoms with Crippen molar-refractivity contribution in [3.63, 3.8) is 0 Å². The minimum atomic E-state index is -0.694. The fraction of sp³-hybridized carbons (Fsp3) is 0.133. The van der Waals surface area contributed by atoms with Crippen LogP contribution in [0.2, 0.25) is 5.02 Å². The molecule has 108 valence electrons. The summed E-state index contributed by atoms with van der Waals surface area (Å²) in [5, 5.41) is 0.527. The minimum absolute atomic E-state index is 0.0321. The largest absolute Gasteiger partial charge is 0.447 e. The maximum Gasteiger partial charge on any atom is 0.415 e. The van der Waals surface area contributed by atoms with Gasteiger partial charge in [-0.25, -0.2) is 13.6 Å². The van der Waals surface area contributed by atoms with Crippen molar-refractivity contribution < 1.29 is 18.3 Å². The van der Waals surface area contributed by atoms with E-state index in [0.29, 0.717) is 16.3 Å². The van der Waals surface area contributed by atoms with Crippen molar-refractivity contribution >= 4 is 23.4 Å². The van der Waals surface area contributed by atoms with E-state index in [-0.39, 0.29) is 6.61 Å². The minimum Gasteiger partial charge on any atom is -0.447 e. The van der Waals surface area contributed by atoms with Gasteiger partial charge in [-0.15, -0.1) is 0 Å². The molecule has 0 spiro atoms. The number of cyclic esters (lactones) is 1. The average molecular weight is 310 g/mol. The van der Waals surface area contributed by atoms with E-state index in [0.717, 1.165) is 6.07 Å². The number of benzene rings is 2. The van der Waals surface area contributed by atoms with Crippen molar-refractivity contribution in [2.24, 2.45) is 0 Å². The molecule has 2 aromatic rings. The molecule has 21 heavy (non-hydrogen) atoms. The molecule has 0 N–H and O–H groups in total. The van der Waals surface area contributed by atoms with Gasteiger partial charge in [0.1, 0.15) is 18.2 Å². The Kier molecular flexibility index (Phi) is 3.51. The van der Waals surface area contributed by atoms with Crippen LogP contribution in [-0.4, -0.2) is 12.7 Å². The molecule has 1 fully saturated rings. The molecule has 0 aliphatic carbocycles. The summed E-state index contributed by atoms with van der Waals surface area (Å²) in [6.45, 7) is 0.0321. The van der Waals surface area contributed by atoms with Crippen molar-refractivity contribution in [1.29, 1.82) is 0 Å². The van der Waals surface area contributed by atoms with E-state index in [2.05, 4.69) is 0 Å². The van der Waals surface area contributed by atoms with Crippen LogP contribution in [0.5, 0.6) is 0 Å². The van der Waals surface area contributed by atoms with E-state index in [1.165, 1.54) is 17.0 Å². The summed E-state index contributed by atoms with van der Waals surface area (Å²) in [6.07, 6.45) is -0.563.